The molecule has 0 aliphatic heterocycles. The van der Waals surface area contributed by atoms with Crippen molar-refractivity contribution in [2.24, 2.45) is 0 Å². The van der Waals surface area contributed by atoms with E-state index in [0.717, 1.165) is 16.7 Å². The second-order valence-electron chi connectivity index (χ2n) is 6.36. The molecule has 0 fully saturated rings. The highest BCUT2D eigenvalue weighted by Crippen LogP contribution is 2.27. The van der Waals surface area contributed by atoms with Crippen LogP contribution in [0.3, 0.4) is 0 Å². The predicted octanol–water partition coefficient (Wildman–Crippen LogP) is 2.90. The maximum absolute atomic E-state index is 11.7. The van der Waals surface area contributed by atoms with Crippen LogP contribution in [0.1, 0.15) is 18.9 Å². The van der Waals surface area contributed by atoms with Gasteiger partial charge in [-0.1, -0.05) is 54.4 Å². The maximum atomic E-state index is 11.7. The van der Waals surface area contributed by atoms with E-state index in [4.69, 9.17) is 28.3 Å². The van der Waals surface area contributed by atoms with Crippen LogP contribution in [0.25, 0.3) is 11.1 Å². The van der Waals surface area contributed by atoms with E-state index < -0.39 is 24.2 Å². The van der Waals surface area contributed by atoms with Gasteiger partial charge in [0.1, 0.15) is 6.10 Å². The molecule has 2 unspecified atom stereocenters. The summed E-state index contributed by atoms with van der Waals surface area (Å²) in [4.78, 5) is 22.7. The number of carboxylic acids is 1. The number of aliphatic hydroxyl groups excluding tert-OH is 2. The molecule has 0 saturated heterocycles. The Labute approximate surface area is 172 Å². The molecule has 0 aromatic heterocycles. The number of amides is 1. The van der Waals surface area contributed by atoms with E-state index >= 15 is 0 Å². The molecule has 28 heavy (non-hydrogen) atoms. The molecule has 0 heterocycles. The van der Waals surface area contributed by atoms with E-state index in [9.17, 15) is 19.8 Å². The normalized spacial score (nSPS) is 14.2. The molecule has 2 aromatic carbocycles. The Morgan fingerprint density at radius 3 is 2.07 bits per heavy atom. The number of hydrogen-bond acceptors (Lipinski definition) is 4. The van der Waals surface area contributed by atoms with Crippen LogP contribution in [0, 0.1) is 0 Å². The van der Waals surface area contributed by atoms with Crippen LogP contribution < -0.4 is 5.32 Å². The Kier molecular flexibility index (Phi) is 7.83. The molecule has 0 aliphatic rings. The van der Waals surface area contributed by atoms with Crippen molar-refractivity contribution in [3.63, 3.8) is 0 Å². The van der Waals surface area contributed by atoms with Crippen LogP contribution in [0.15, 0.2) is 42.5 Å². The van der Waals surface area contributed by atoms with E-state index in [-0.39, 0.29) is 18.7 Å². The van der Waals surface area contributed by atoms with E-state index in [1.807, 2.05) is 12.1 Å². The molecule has 150 valence electrons. The number of carbonyl (C=O) groups is 2. The lowest BCUT2D eigenvalue weighted by Crippen LogP contribution is -2.51. The summed E-state index contributed by atoms with van der Waals surface area (Å²) < 4.78 is 0. The summed E-state index contributed by atoms with van der Waals surface area (Å²) in [5.74, 6) is -1.91. The summed E-state index contributed by atoms with van der Waals surface area (Å²) in [6, 6.07) is 11.5. The van der Waals surface area contributed by atoms with Gasteiger partial charge in [0.2, 0.25) is 5.91 Å². The lowest BCUT2D eigenvalue weighted by atomic mass is 9.96. The van der Waals surface area contributed by atoms with Crippen molar-refractivity contribution in [1.82, 2.24) is 5.32 Å². The summed E-state index contributed by atoms with van der Waals surface area (Å²) in [6.45, 7) is 1.64. The van der Waals surface area contributed by atoms with Crippen LogP contribution in [0.2, 0.25) is 10.0 Å². The molecule has 0 bridgehead atoms. The van der Waals surface area contributed by atoms with Gasteiger partial charge in [0.15, 0.2) is 6.10 Å². The van der Waals surface area contributed by atoms with Gasteiger partial charge >= 0.3 is 5.97 Å². The van der Waals surface area contributed by atoms with E-state index in [0.29, 0.717) is 10.0 Å². The van der Waals surface area contributed by atoms with Crippen LogP contribution >= 0.6 is 23.2 Å². The average molecular weight is 426 g/mol. The Morgan fingerprint density at radius 1 is 1.00 bits per heavy atom. The smallest absolute Gasteiger partial charge is 0.335 e. The van der Waals surface area contributed by atoms with Gasteiger partial charge in [0.05, 0.1) is 6.04 Å². The number of carboxylic acid groups (broad SMARTS) is 1. The Morgan fingerprint density at radius 2 is 1.57 bits per heavy atom. The van der Waals surface area contributed by atoms with Crippen molar-refractivity contribution in [3.8, 4) is 11.1 Å². The fraction of sp³-hybridized carbons (Fsp3) is 0.300. The van der Waals surface area contributed by atoms with Gasteiger partial charge in [0, 0.05) is 16.5 Å². The Bertz CT molecular complexity index is 821. The highest BCUT2D eigenvalue weighted by molar-refractivity contribution is 6.35. The zero-order valence-corrected chi connectivity index (χ0v) is 16.6. The van der Waals surface area contributed by atoms with Crippen LogP contribution in [0.5, 0.6) is 0 Å². The number of aliphatic hydroxyl groups is 2. The highest BCUT2D eigenvalue weighted by atomic mass is 35.5. The van der Waals surface area contributed by atoms with Crippen molar-refractivity contribution in [2.75, 3.05) is 0 Å². The summed E-state index contributed by atoms with van der Waals surface area (Å²) in [7, 11) is 0. The number of aliphatic carboxylic acids is 1. The number of hydrogen-bond donors (Lipinski definition) is 4. The minimum absolute atomic E-state index is 0.147. The van der Waals surface area contributed by atoms with Gasteiger partial charge in [-0.3, -0.25) is 4.79 Å². The first-order chi connectivity index (χ1) is 13.2. The predicted molar refractivity (Wildman–Crippen MR) is 107 cm³/mol. The molecule has 4 N–H and O–H groups in total. The molecule has 0 saturated carbocycles. The standard InChI is InChI=1S/C20H21Cl2NO5/c1-2-17(24)23-16(18(25)19(26)20(27)28)7-11-3-5-12(6-4-11)13-8-14(21)10-15(22)9-13/h3-6,8-10,16,18-19,25-26H,2,7H2,1H3,(H,23,24)(H,27,28)/t16-,18?,19?/m0/s1. The largest absolute Gasteiger partial charge is 0.479 e. The third-order valence-electron chi connectivity index (χ3n) is 4.26. The molecule has 0 aliphatic carbocycles. The zero-order valence-electron chi connectivity index (χ0n) is 15.1. The van der Waals surface area contributed by atoms with Gasteiger partial charge in [-0.2, -0.15) is 0 Å². The van der Waals surface area contributed by atoms with E-state index in [1.165, 1.54) is 0 Å². The first-order valence-electron chi connectivity index (χ1n) is 8.65. The first-order valence-corrected chi connectivity index (χ1v) is 9.40. The topological polar surface area (TPSA) is 107 Å². The highest BCUT2D eigenvalue weighted by Gasteiger charge is 2.32. The van der Waals surface area contributed by atoms with Gasteiger partial charge in [-0.15, -0.1) is 0 Å². The SMILES string of the molecule is CCC(=O)N[C@@H](Cc1ccc(-c2cc(Cl)cc(Cl)c2)cc1)C(O)C(O)C(=O)O. The fourth-order valence-corrected chi connectivity index (χ4v) is 3.27. The van der Waals surface area contributed by atoms with Crippen LogP contribution in [-0.4, -0.2) is 45.4 Å². The molecule has 3 atom stereocenters. The first kappa shape index (κ1) is 22.2. The van der Waals surface area contributed by atoms with Crippen molar-refractivity contribution in [3.05, 3.63) is 58.1 Å². The summed E-state index contributed by atoms with van der Waals surface area (Å²) in [6.07, 6.45) is -3.34. The number of benzene rings is 2. The van der Waals surface area contributed by atoms with Gasteiger partial charge in [0.25, 0.3) is 0 Å². The Hall–Kier alpha value is -2.12. The van der Waals surface area contributed by atoms with E-state index in [1.54, 1.807) is 37.3 Å². The number of halogens is 2. The quantitative estimate of drug-likeness (QED) is 0.520. The van der Waals surface area contributed by atoms with E-state index in [2.05, 4.69) is 5.32 Å². The summed E-state index contributed by atoms with van der Waals surface area (Å²) in [5, 5.41) is 32.3. The van der Waals surface area contributed by atoms with Crippen LogP contribution in [0.4, 0.5) is 0 Å². The fourth-order valence-electron chi connectivity index (χ4n) is 2.74. The van der Waals surface area contributed by atoms with Crippen molar-refractivity contribution >= 4 is 35.1 Å². The van der Waals surface area contributed by atoms with Gasteiger partial charge in [-0.25, -0.2) is 4.79 Å². The molecule has 8 heteroatoms. The second-order valence-corrected chi connectivity index (χ2v) is 7.23. The zero-order chi connectivity index (χ0) is 20.8. The number of nitrogens with one attached hydrogen (secondary N) is 1. The molecule has 0 spiro atoms. The van der Waals surface area contributed by atoms with Gasteiger partial charge in [-0.05, 0) is 41.3 Å². The Balaban J connectivity index is 2.21. The molecular formula is C20H21Cl2NO5. The molecular weight excluding hydrogens is 405 g/mol. The van der Waals surface area contributed by atoms with Crippen LogP contribution in [-0.2, 0) is 16.0 Å². The monoisotopic (exact) mass is 425 g/mol. The number of carbonyl (C=O) groups excluding carboxylic acids is 1. The van der Waals surface area contributed by atoms with Gasteiger partial charge < -0.3 is 20.6 Å². The average Bonchev–Trinajstić information content (AvgIpc) is 2.65. The summed E-state index contributed by atoms with van der Waals surface area (Å²) in [5.41, 5.74) is 2.45. The number of rotatable bonds is 8. The van der Waals surface area contributed by atoms with Crippen molar-refractivity contribution < 1.29 is 24.9 Å². The molecule has 2 rings (SSSR count). The minimum atomic E-state index is -2.00. The molecule has 0 radical (unpaired) electrons. The third-order valence-corrected chi connectivity index (χ3v) is 4.70. The molecule has 6 nitrogen and oxygen atoms in total. The summed E-state index contributed by atoms with van der Waals surface area (Å²) >= 11 is 12.1. The third kappa shape index (κ3) is 5.94. The molecule has 1 amide bonds. The van der Waals surface area contributed by atoms with Crippen molar-refractivity contribution in [2.45, 2.75) is 38.0 Å². The second kappa shape index (κ2) is 9.89. The van der Waals surface area contributed by atoms with Crippen molar-refractivity contribution in [1.29, 1.82) is 0 Å². The minimum Gasteiger partial charge on any atom is -0.479 e. The maximum Gasteiger partial charge on any atom is 0.335 e. The lowest BCUT2D eigenvalue weighted by molar-refractivity contribution is -0.154. The molecule has 2 aromatic rings. The lowest BCUT2D eigenvalue weighted by Gasteiger charge is -2.26.